The highest BCUT2D eigenvalue weighted by molar-refractivity contribution is 6.45. The largest absolute Gasteiger partial charge is 0.508 e. The third-order valence-corrected chi connectivity index (χ3v) is 5.01. The van der Waals surface area contributed by atoms with E-state index in [0.717, 1.165) is 7.11 Å². The van der Waals surface area contributed by atoms with E-state index in [1.165, 1.54) is 0 Å². The lowest BCUT2D eigenvalue weighted by Gasteiger charge is -2.39. The van der Waals surface area contributed by atoms with Gasteiger partial charge in [0.2, 0.25) is 5.41 Å². The molecular weight excluding hydrogens is 445 g/mol. The number of benzene rings is 2. The van der Waals surface area contributed by atoms with Gasteiger partial charge in [-0.25, -0.2) is 0 Å². The maximum absolute atomic E-state index is 14.0. The van der Waals surface area contributed by atoms with Gasteiger partial charge in [-0.05, 0) is 23.8 Å². The Morgan fingerprint density at radius 2 is 1.33 bits per heavy atom. The van der Waals surface area contributed by atoms with Crippen LogP contribution in [0.1, 0.15) is 11.1 Å². The summed E-state index contributed by atoms with van der Waals surface area (Å²) in [6, 6.07) is 2.81. The van der Waals surface area contributed by atoms with E-state index in [4.69, 9.17) is 39.5 Å². The fourth-order valence-corrected chi connectivity index (χ4v) is 3.59. The molecule has 0 unspecified atom stereocenters. The predicted molar refractivity (Wildman–Crippen MR) is 89.0 cm³/mol. The number of hydrogen-bond acceptors (Lipinski definition) is 2. The highest BCUT2D eigenvalue weighted by Gasteiger charge is 2.73. The molecule has 0 atom stereocenters. The van der Waals surface area contributed by atoms with Crippen molar-refractivity contribution >= 4 is 34.8 Å². The fourth-order valence-electron chi connectivity index (χ4n) is 2.70. The van der Waals surface area contributed by atoms with Gasteiger partial charge in [0, 0.05) is 5.56 Å². The molecule has 27 heavy (non-hydrogen) atoms. The molecule has 2 rings (SSSR count). The molecule has 0 bridgehead atoms. The summed E-state index contributed by atoms with van der Waals surface area (Å²) >= 11 is 17.4. The summed E-state index contributed by atoms with van der Waals surface area (Å²) in [6.07, 6.45) is -11.8. The second-order valence-corrected chi connectivity index (χ2v) is 6.52. The molecule has 0 saturated carbocycles. The molecular formula is C16H9Cl3F6O2. The lowest BCUT2D eigenvalue weighted by atomic mass is 9.72. The van der Waals surface area contributed by atoms with Crippen molar-refractivity contribution in [1.82, 2.24) is 0 Å². The molecule has 0 saturated heterocycles. The third-order valence-electron chi connectivity index (χ3n) is 3.88. The maximum Gasteiger partial charge on any atom is 0.411 e. The van der Waals surface area contributed by atoms with Gasteiger partial charge in [0.05, 0.1) is 17.2 Å². The zero-order valence-corrected chi connectivity index (χ0v) is 15.4. The van der Waals surface area contributed by atoms with E-state index in [-0.39, 0.29) is 5.75 Å². The summed E-state index contributed by atoms with van der Waals surface area (Å²) in [7, 11) is 1.07. The van der Waals surface area contributed by atoms with E-state index in [2.05, 4.69) is 0 Å². The zero-order chi connectivity index (χ0) is 20.8. The van der Waals surface area contributed by atoms with E-state index in [1.807, 2.05) is 0 Å². The molecule has 0 amide bonds. The lowest BCUT2D eigenvalue weighted by molar-refractivity contribution is -0.288. The number of methoxy groups -OCH3 is 1. The van der Waals surface area contributed by atoms with Crippen molar-refractivity contribution < 1.29 is 36.2 Å². The van der Waals surface area contributed by atoms with E-state index in [1.54, 1.807) is 0 Å². The van der Waals surface area contributed by atoms with E-state index >= 15 is 0 Å². The van der Waals surface area contributed by atoms with Gasteiger partial charge in [-0.15, -0.1) is 0 Å². The Balaban J connectivity index is 3.05. The normalized spacial score (nSPS) is 13.0. The quantitative estimate of drug-likeness (QED) is 0.410. The van der Waals surface area contributed by atoms with Gasteiger partial charge in [-0.1, -0.05) is 46.9 Å². The predicted octanol–water partition coefficient (Wildman–Crippen LogP) is 6.77. The Kier molecular flexibility index (Phi) is 5.76. The van der Waals surface area contributed by atoms with Crippen LogP contribution in [0.3, 0.4) is 0 Å². The highest BCUT2D eigenvalue weighted by atomic mass is 35.5. The topological polar surface area (TPSA) is 29.5 Å². The van der Waals surface area contributed by atoms with Gasteiger partial charge in [-0.2, -0.15) is 26.3 Å². The Hall–Kier alpha value is -1.51. The average Bonchev–Trinajstić information content (AvgIpc) is 2.52. The first kappa shape index (κ1) is 21.8. The molecule has 0 aromatic heterocycles. The summed E-state index contributed by atoms with van der Waals surface area (Å²) in [5.74, 6) is -0.884. The molecule has 0 heterocycles. The fraction of sp³-hybridized carbons (Fsp3) is 0.250. The number of phenolic OH excluding ortho intramolecular Hbond substituents is 1. The second-order valence-electron chi connectivity index (χ2n) is 5.36. The number of rotatable bonds is 3. The minimum Gasteiger partial charge on any atom is -0.508 e. The summed E-state index contributed by atoms with van der Waals surface area (Å²) in [6.45, 7) is 0. The molecule has 148 valence electrons. The minimum absolute atomic E-state index is 0.365. The summed E-state index contributed by atoms with van der Waals surface area (Å²) < 4.78 is 88.8. The van der Waals surface area contributed by atoms with Gasteiger partial charge in [0.25, 0.3) is 0 Å². The number of phenols is 1. The smallest absolute Gasteiger partial charge is 0.411 e. The van der Waals surface area contributed by atoms with Crippen LogP contribution in [-0.2, 0) is 5.41 Å². The molecule has 11 heteroatoms. The number of alkyl halides is 6. The summed E-state index contributed by atoms with van der Waals surface area (Å²) in [4.78, 5) is 0. The van der Waals surface area contributed by atoms with Crippen molar-refractivity contribution in [1.29, 1.82) is 0 Å². The second kappa shape index (κ2) is 7.14. The van der Waals surface area contributed by atoms with Gasteiger partial charge in [-0.3, -0.25) is 0 Å². The van der Waals surface area contributed by atoms with Gasteiger partial charge >= 0.3 is 12.4 Å². The van der Waals surface area contributed by atoms with Crippen molar-refractivity contribution in [3.05, 3.63) is 56.5 Å². The molecule has 0 radical (unpaired) electrons. The molecule has 0 aliphatic rings. The standard InChI is InChI=1S/C16H9Cl3F6O2/c1-27-13-10(17)6-9(11(18)12(13)19)14(15(20,21)22,16(23,24)25)7-2-4-8(26)5-3-7/h2-6,26H,1H3. The van der Waals surface area contributed by atoms with E-state index in [9.17, 15) is 31.4 Å². The monoisotopic (exact) mass is 452 g/mol. The molecule has 0 fully saturated rings. The van der Waals surface area contributed by atoms with Crippen molar-refractivity contribution in [3.63, 3.8) is 0 Å². The zero-order valence-electron chi connectivity index (χ0n) is 13.1. The van der Waals surface area contributed by atoms with Crippen molar-refractivity contribution in [2.75, 3.05) is 7.11 Å². The van der Waals surface area contributed by atoms with Crippen LogP contribution in [0.25, 0.3) is 0 Å². The SMILES string of the molecule is COc1c(Cl)cc(C(c2ccc(O)cc2)(C(F)(F)F)C(F)(F)F)c(Cl)c1Cl. The van der Waals surface area contributed by atoms with Crippen LogP contribution < -0.4 is 4.74 Å². The number of hydrogen-bond donors (Lipinski definition) is 1. The van der Waals surface area contributed by atoms with Crippen LogP contribution in [-0.4, -0.2) is 24.6 Å². The van der Waals surface area contributed by atoms with Crippen LogP contribution in [0, 0.1) is 0 Å². The van der Waals surface area contributed by atoms with Crippen LogP contribution >= 0.6 is 34.8 Å². The molecule has 2 aromatic rings. The summed E-state index contributed by atoms with van der Waals surface area (Å²) in [5.41, 5.74) is -7.19. The molecule has 0 aliphatic carbocycles. The Labute approximate surface area is 164 Å². The van der Waals surface area contributed by atoms with Crippen LogP contribution in [0.5, 0.6) is 11.5 Å². The first-order valence-electron chi connectivity index (χ1n) is 6.94. The highest BCUT2D eigenvalue weighted by Crippen LogP contribution is 2.59. The maximum atomic E-state index is 14.0. The Morgan fingerprint density at radius 1 is 0.852 bits per heavy atom. The Morgan fingerprint density at radius 3 is 1.74 bits per heavy atom. The average molecular weight is 454 g/mol. The van der Waals surface area contributed by atoms with Crippen LogP contribution in [0.2, 0.25) is 15.1 Å². The minimum atomic E-state index is -5.88. The van der Waals surface area contributed by atoms with E-state index < -0.39 is 49.7 Å². The summed E-state index contributed by atoms with van der Waals surface area (Å²) in [5, 5.41) is 6.97. The first-order chi connectivity index (χ1) is 12.3. The van der Waals surface area contributed by atoms with E-state index in [0.29, 0.717) is 30.3 Å². The van der Waals surface area contributed by atoms with Crippen molar-refractivity contribution in [2.24, 2.45) is 0 Å². The molecule has 2 nitrogen and oxygen atoms in total. The van der Waals surface area contributed by atoms with Crippen LogP contribution in [0.15, 0.2) is 30.3 Å². The lowest BCUT2D eigenvalue weighted by Crippen LogP contribution is -2.55. The molecule has 2 aromatic carbocycles. The molecule has 0 aliphatic heterocycles. The Bertz CT molecular complexity index is 833. The van der Waals surface area contributed by atoms with Crippen molar-refractivity contribution in [2.45, 2.75) is 17.8 Å². The molecule has 1 N–H and O–H groups in total. The number of halogens is 9. The van der Waals surface area contributed by atoms with Gasteiger partial charge in [0.15, 0.2) is 5.75 Å². The number of ether oxygens (including phenoxy) is 1. The third kappa shape index (κ3) is 3.39. The van der Waals surface area contributed by atoms with Crippen molar-refractivity contribution in [3.8, 4) is 11.5 Å². The first-order valence-corrected chi connectivity index (χ1v) is 8.07. The molecule has 0 spiro atoms. The van der Waals surface area contributed by atoms with Gasteiger partial charge < -0.3 is 9.84 Å². The van der Waals surface area contributed by atoms with Crippen LogP contribution in [0.4, 0.5) is 26.3 Å². The van der Waals surface area contributed by atoms with Gasteiger partial charge in [0.1, 0.15) is 10.8 Å². The number of aromatic hydroxyl groups is 1.